The first kappa shape index (κ1) is 9.45. The molecule has 0 aliphatic carbocycles. The zero-order chi connectivity index (χ0) is 9.97. The maximum atomic E-state index is 11.2. The molecule has 0 spiro atoms. The highest BCUT2D eigenvalue weighted by atomic mass is 16.6. The van der Waals surface area contributed by atoms with E-state index in [0.29, 0.717) is 6.54 Å². The molecule has 2 amide bonds. The number of hydrogen-bond donors (Lipinski definition) is 1. The average molecular weight is 198 g/mol. The molecule has 2 aliphatic heterocycles. The van der Waals surface area contributed by atoms with Gasteiger partial charge < -0.3 is 10.1 Å². The molecule has 0 bridgehead atoms. The van der Waals surface area contributed by atoms with Crippen LogP contribution in [0.25, 0.3) is 0 Å². The molecular weight excluding hydrogens is 184 g/mol. The molecule has 0 aromatic heterocycles. The van der Waals surface area contributed by atoms with E-state index in [1.807, 2.05) is 0 Å². The molecule has 1 atom stereocenters. The molecule has 2 saturated heterocycles. The van der Waals surface area contributed by atoms with Gasteiger partial charge in [0.05, 0.1) is 0 Å². The zero-order valence-electron chi connectivity index (χ0n) is 7.99. The number of amides is 2. The van der Waals surface area contributed by atoms with Crippen molar-refractivity contribution in [2.75, 3.05) is 19.7 Å². The van der Waals surface area contributed by atoms with Crippen molar-refractivity contribution in [2.45, 2.75) is 25.3 Å². The normalized spacial score (nSPS) is 28.0. The Morgan fingerprint density at radius 1 is 1.43 bits per heavy atom. The van der Waals surface area contributed by atoms with Crippen LogP contribution >= 0.6 is 0 Å². The Kier molecular flexibility index (Phi) is 2.67. The van der Waals surface area contributed by atoms with Crippen LogP contribution in [-0.2, 0) is 9.53 Å². The van der Waals surface area contributed by atoms with Crippen LogP contribution in [0.4, 0.5) is 4.79 Å². The number of rotatable bonds is 2. The zero-order valence-corrected chi connectivity index (χ0v) is 7.99. The van der Waals surface area contributed by atoms with Crippen LogP contribution in [0, 0.1) is 0 Å². The molecule has 2 aliphatic rings. The van der Waals surface area contributed by atoms with Gasteiger partial charge in [0, 0.05) is 12.6 Å². The highest BCUT2D eigenvalue weighted by Gasteiger charge is 2.32. The molecule has 5 heteroatoms. The minimum absolute atomic E-state index is 0.0917. The molecule has 2 fully saturated rings. The number of nitrogens with one attached hydrogen (secondary N) is 1. The number of piperidine rings is 1. The fraction of sp³-hybridized carbons (Fsp3) is 0.778. The van der Waals surface area contributed by atoms with Gasteiger partial charge in [0.25, 0.3) is 5.91 Å². The number of imide groups is 1. The van der Waals surface area contributed by atoms with Crippen molar-refractivity contribution >= 4 is 12.0 Å². The second-order valence-corrected chi connectivity index (χ2v) is 3.71. The highest BCUT2D eigenvalue weighted by Crippen LogP contribution is 2.12. The van der Waals surface area contributed by atoms with E-state index in [4.69, 9.17) is 0 Å². The summed E-state index contributed by atoms with van der Waals surface area (Å²) in [6.07, 6.45) is 2.86. The molecule has 1 N–H and O–H groups in total. The Morgan fingerprint density at radius 3 is 2.86 bits per heavy atom. The number of ether oxygens (including phenoxy) is 1. The van der Waals surface area contributed by atoms with E-state index in [2.05, 4.69) is 10.1 Å². The van der Waals surface area contributed by atoms with E-state index in [1.165, 1.54) is 11.3 Å². The van der Waals surface area contributed by atoms with Gasteiger partial charge >= 0.3 is 6.09 Å². The minimum Gasteiger partial charge on any atom is -0.439 e. The van der Waals surface area contributed by atoms with Crippen LogP contribution in [0.15, 0.2) is 0 Å². The molecule has 2 heterocycles. The highest BCUT2D eigenvalue weighted by molar-refractivity contribution is 5.97. The first-order valence-corrected chi connectivity index (χ1v) is 4.98. The lowest BCUT2D eigenvalue weighted by Crippen LogP contribution is -2.45. The number of nitrogens with zero attached hydrogens (tertiary/aromatic N) is 1. The molecule has 78 valence electrons. The van der Waals surface area contributed by atoms with Crippen molar-refractivity contribution in [3.05, 3.63) is 0 Å². The monoisotopic (exact) mass is 198 g/mol. The summed E-state index contributed by atoms with van der Waals surface area (Å²) in [4.78, 5) is 23.5. The van der Waals surface area contributed by atoms with E-state index >= 15 is 0 Å². The quantitative estimate of drug-likeness (QED) is 0.684. The predicted octanol–water partition coefficient (Wildman–Crippen LogP) is 0.107. The van der Waals surface area contributed by atoms with Crippen molar-refractivity contribution in [3.63, 3.8) is 0 Å². The van der Waals surface area contributed by atoms with E-state index in [1.54, 1.807) is 0 Å². The smallest absolute Gasteiger partial charge is 0.417 e. The van der Waals surface area contributed by atoms with Gasteiger partial charge in [-0.1, -0.05) is 6.42 Å². The van der Waals surface area contributed by atoms with Crippen LogP contribution in [0.3, 0.4) is 0 Å². The fourth-order valence-corrected chi connectivity index (χ4v) is 1.86. The lowest BCUT2D eigenvalue weighted by atomic mass is 10.0. The van der Waals surface area contributed by atoms with Crippen LogP contribution in [0.5, 0.6) is 0 Å². The second-order valence-electron chi connectivity index (χ2n) is 3.71. The molecule has 0 saturated carbocycles. The summed E-state index contributed by atoms with van der Waals surface area (Å²) in [5, 5.41) is 3.29. The number of hydrogen-bond acceptors (Lipinski definition) is 4. The van der Waals surface area contributed by atoms with Gasteiger partial charge in [0.2, 0.25) is 0 Å². The lowest BCUT2D eigenvalue weighted by molar-refractivity contribution is -0.126. The van der Waals surface area contributed by atoms with E-state index in [-0.39, 0.29) is 18.6 Å². The molecule has 1 unspecified atom stereocenters. The average Bonchev–Trinajstić information content (AvgIpc) is 2.51. The topological polar surface area (TPSA) is 58.6 Å². The summed E-state index contributed by atoms with van der Waals surface area (Å²) in [7, 11) is 0. The summed E-state index contributed by atoms with van der Waals surface area (Å²) in [6, 6.07) is 0.248. The Balaban J connectivity index is 1.89. The standard InChI is InChI=1S/C9H14N2O3/c12-8-6-14-9(13)11(8)5-7-3-1-2-4-10-7/h7,10H,1-6H2. The van der Waals surface area contributed by atoms with Gasteiger partial charge in [-0.3, -0.25) is 4.79 Å². The largest absolute Gasteiger partial charge is 0.439 e. The van der Waals surface area contributed by atoms with Crippen molar-refractivity contribution in [1.29, 1.82) is 0 Å². The molecular formula is C9H14N2O3. The second kappa shape index (κ2) is 3.96. The van der Waals surface area contributed by atoms with Crippen molar-refractivity contribution in [1.82, 2.24) is 10.2 Å². The Morgan fingerprint density at radius 2 is 2.29 bits per heavy atom. The summed E-state index contributed by atoms with van der Waals surface area (Å²) in [6.45, 7) is 1.34. The van der Waals surface area contributed by atoms with Crippen LogP contribution < -0.4 is 5.32 Å². The van der Waals surface area contributed by atoms with Crippen LogP contribution in [0.1, 0.15) is 19.3 Å². The molecule has 5 nitrogen and oxygen atoms in total. The summed E-state index contributed by atoms with van der Waals surface area (Å²) >= 11 is 0. The third kappa shape index (κ3) is 1.87. The van der Waals surface area contributed by atoms with Crippen LogP contribution in [-0.4, -0.2) is 42.6 Å². The molecule has 0 aromatic rings. The van der Waals surface area contributed by atoms with Crippen molar-refractivity contribution in [2.24, 2.45) is 0 Å². The maximum Gasteiger partial charge on any atom is 0.417 e. The van der Waals surface area contributed by atoms with Crippen molar-refractivity contribution < 1.29 is 14.3 Å². The first-order valence-electron chi connectivity index (χ1n) is 4.98. The summed E-state index contributed by atoms with van der Waals surface area (Å²) in [5.41, 5.74) is 0. The minimum atomic E-state index is -0.498. The molecule has 0 radical (unpaired) electrons. The van der Waals surface area contributed by atoms with E-state index in [9.17, 15) is 9.59 Å². The van der Waals surface area contributed by atoms with E-state index < -0.39 is 6.09 Å². The molecule has 0 aromatic carbocycles. The van der Waals surface area contributed by atoms with Gasteiger partial charge in [-0.25, -0.2) is 9.69 Å². The number of cyclic esters (lactones) is 1. The third-order valence-electron chi connectivity index (χ3n) is 2.66. The Labute approximate surface area is 82.4 Å². The Bertz CT molecular complexity index is 232. The fourth-order valence-electron chi connectivity index (χ4n) is 1.86. The Hall–Kier alpha value is -1.10. The number of carbonyl (C=O) groups is 2. The lowest BCUT2D eigenvalue weighted by Gasteiger charge is -2.25. The first-order chi connectivity index (χ1) is 6.77. The van der Waals surface area contributed by atoms with Gasteiger partial charge in [-0.05, 0) is 19.4 Å². The van der Waals surface area contributed by atoms with Crippen molar-refractivity contribution in [3.8, 4) is 0 Å². The SMILES string of the molecule is O=C1COC(=O)N1CC1CCCCN1. The predicted molar refractivity (Wildman–Crippen MR) is 48.7 cm³/mol. The number of carbonyl (C=O) groups excluding carboxylic acids is 2. The molecule has 2 rings (SSSR count). The summed E-state index contributed by atoms with van der Waals surface area (Å²) in [5.74, 6) is -0.220. The van der Waals surface area contributed by atoms with Gasteiger partial charge in [0.1, 0.15) is 0 Å². The van der Waals surface area contributed by atoms with Gasteiger partial charge in [-0.2, -0.15) is 0 Å². The van der Waals surface area contributed by atoms with Crippen LogP contribution in [0.2, 0.25) is 0 Å². The summed E-state index contributed by atoms with van der Waals surface area (Å²) < 4.78 is 4.63. The van der Waals surface area contributed by atoms with Gasteiger partial charge in [0.15, 0.2) is 6.61 Å². The molecule has 14 heavy (non-hydrogen) atoms. The maximum absolute atomic E-state index is 11.2. The van der Waals surface area contributed by atoms with E-state index in [0.717, 1.165) is 19.4 Å². The van der Waals surface area contributed by atoms with Gasteiger partial charge in [-0.15, -0.1) is 0 Å². The third-order valence-corrected chi connectivity index (χ3v) is 2.66.